The molecule has 0 aliphatic carbocycles. The van der Waals surface area contributed by atoms with Crippen LogP contribution in [0.1, 0.15) is 16.8 Å². The maximum atomic E-state index is 12.6. The molecule has 1 aromatic rings. The van der Waals surface area contributed by atoms with E-state index in [4.69, 9.17) is 0 Å². The largest absolute Gasteiger partial charge is 0.391 e. The van der Waals surface area contributed by atoms with Crippen molar-refractivity contribution in [2.75, 3.05) is 13.1 Å². The highest BCUT2D eigenvalue weighted by molar-refractivity contribution is 5.94. The number of hydrogen-bond acceptors (Lipinski definition) is 2. The molecular formula is C11H12FNO2. The van der Waals surface area contributed by atoms with Crippen LogP contribution in [0, 0.1) is 5.82 Å². The summed E-state index contributed by atoms with van der Waals surface area (Å²) >= 11 is 0. The molecule has 1 aliphatic rings. The van der Waals surface area contributed by atoms with Crippen molar-refractivity contribution in [3.8, 4) is 0 Å². The predicted octanol–water partition coefficient (Wildman–Crippen LogP) is 1.03. The fraction of sp³-hybridized carbons (Fsp3) is 0.364. The zero-order valence-corrected chi connectivity index (χ0v) is 8.19. The lowest BCUT2D eigenvalue weighted by atomic mass is 10.2. The molecule has 1 aliphatic heterocycles. The average molecular weight is 209 g/mol. The lowest BCUT2D eigenvalue weighted by Crippen LogP contribution is -2.29. The van der Waals surface area contributed by atoms with E-state index < -0.39 is 6.10 Å². The van der Waals surface area contributed by atoms with Crippen molar-refractivity contribution in [3.63, 3.8) is 0 Å². The third kappa shape index (κ3) is 2.15. The standard InChI is InChI=1S/C11H12FNO2/c12-9-3-1-8(2-4-9)11(15)13-6-5-10(14)7-13/h1-4,10,14H,5-7H2. The molecule has 4 heteroatoms. The monoisotopic (exact) mass is 209 g/mol. The molecule has 0 saturated carbocycles. The van der Waals surface area contributed by atoms with Crippen LogP contribution in [0.3, 0.4) is 0 Å². The summed E-state index contributed by atoms with van der Waals surface area (Å²) in [5.74, 6) is -0.500. The van der Waals surface area contributed by atoms with Gasteiger partial charge in [0.25, 0.3) is 5.91 Å². The maximum absolute atomic E-state index is 12.6. The zero-order chi connectivity index (χ0) is 10.8. The summed E-state index contributed by atoms with van der Waals surface area (Å²) in [6.07, 6.45) is 0.196. The third-order valence-corrected chi connectivity index (χ3v) is 2.54. The number of benzene rings is 1. The summed E-state index contributed by atoms with van der Waals surface area (Å²) < 4.78 is 12.6. The molecule has 2 rings (SSSR count). The lowest BCUT2D eigenvalue weighted by molar-refractivity contribution is 0.0765. The number of rotatable bonds is 1. The number of amides is 1. The van der Waals surface area contributed by atoms with Gasteiger partial charge in [-0.15, -0.1) is 0 Å². The van der Waals surface area contributed by atoms with Gasteiger partial charge in [0.05, 0.1) is 6.10 Å². The molecule has 0 spiro atoms. The first kappa shape index (κ1) is 10.1. The number of nitrogens with zero attached hydrogens (tertiary/aromatic N) is 1. The van der Waals surface area contributed by atoms with Gasteiger partial charge in [-0.25, -0.2) is 4.39 Å². The summed E-state index contributed by atoms with van der Waals surface area (Å²) in [5, 5.41) is 9.29. The number of β-amino-alcohol motifs (C(OH)–C–C–N with tert-alkyl or cyclic N) is 1. The first-order valence-electron chi connectivity index (χ1n) is 4.90. The van der Waals surface area contributed by atoms with E-state index in [0.717, 1.165) is 0 Å². The molecule has 1 aromatic carbocycles. The van der Waals surface area contributed by atoms with E-state index in [1.807, 2.05) is 0 Å². The Kier molecular flexibility index (Phi) is 2.68. The Morgan fingerprint density at radius 3 is 2.60 bits per heavy atom. The highest BCUT2D eigenvalue weighted by atomic mass is 19.1. The fourth-order valence-corrected chi connectivity index (χ4v) is 1.70. The van der Waals surface area contributed by atoms with Crippen LogP contribution >= 0.6 is 0 Å². The predicted molar refractivity (Wildman–Crippen MR) is 52.9 cm³/mol. The van der Waals surface area contributed by atoms with Crippen LogP contribution in [0.4, 0.5) is 4.39 Å². The van der Waals surface area contributed by atoms with Gasteiger partial charge < -0.3 is 10.0 Å². The molecular weight excluding hydrogens is 197 g/mol. The van der Waals surface area contributed by atoms with Crippen molar-refractivity contribution in [1.29, 1.82) is 0 Å². The van der Waals surface area contributed by atoms with E-state index in [-0.39, 0.29) is 11.7 Å². The van der Waals surface area contributed by atoms with Crippen LogP contribution in [0.5, 0.6) is 0 Å². The first-order chi connectivity index (χ1) is 7.16. The van der Waals surface area contributed by atoms with Gasteiger partial charge in [0.1, 0.15) is 5.82 Å². The number of carbonyl (C=O) groups is 1. The van der Waals surface area contributed by atoms with Gasteiger partial charge in [-0.3, -0.25) is 4.79 Å². The van der Waals surface area contributed by atoms with Gasteiger partial charge in [-0.05, 0) is 30.7 Å². The molecule has 0 bridgehead atoms. The summed E-state index contributed by atoms with van der Waals surface area (Å²) in [6, 6.07) is 5.45. The van der Waals surface area contributed by atoms with Crippen molar-refractivity contribution in [2.45, 2.75) is 12.5 Å². The Bertz CT molecular complexity index is 363. The molecule has 1 N–H and O–H groups in total. The average Bonchev–Trinajstić information content (AvgIpc) is 2.65. The fourth-order valence-electron chi connectivity index (χ4n) is 1.70. The molecule has 80 valence electrons. The summed E-state index contributed by atoms with van der Waals surface area (Å²) in [6.45, 7) is 0.938. The minimum Gasteiger partial charge on any atom is -0.391 e. The van der Waals surface area contributed by atoms with Crippen molar-refractivity contribution < 1.29 is 14.3 Å². The van der Waals surface area contributed by atoms with Crippen molar-refractivity contribution >= 4 is 5.91 Å². The molecule has 1 amide bonds. The number of aliphatic hydroxyl groups excluding tert-OH is 1. The molecule has 1 saturated heterocycles. The normalized spacial score (nSPS) is 20.7. The van der Waals surface area contributed by atoms with E-state index in [1.165, 1.54) is 24.3 Å². The summed E-state index contributed by atoms with van der Waals surface area (Å²) in [4.78, 5) is 13.4. The molecule has 0 aromatic heterocycles. The van der Waals surface area contributed by atoms with Crippen LogP contribution in [0.2, 0.25) is 0 Å². The first-order valence-corrected chi connectivity index (χ1v) is 4.90. The van der Waals surface area contributed by atoms with E-state index in [0.29, 0.717) is 25.1 Å². The maximum Gasteiger partial charge on any atom is 0.253 e. The molecule has 1 fully saturated rings. The number of hydrogen-bond donors (Lipinski definition) is 1. The van der Waals surface area contributed by atoms with Crippen LogP contribution in [0.15, 0.2) is 24.3 Å². The van der Waals surface area contributed by atoms with Crippen LogP contribution in [-0.2, 0) is 0 Å². The highest BCUT2D eigenvalue weighted by Gasteiger charge is 2.25. The minimum absolute atomic E-state index is 0.147. The van der Waals surface area contributed by atoms with Crippen molar-refractivity contribution in [2.24, 2.45) is 0 Å². The Hall–Kier alpha value is -1.42. The van der Waals surface area contributed by atoms with Gasteiger partial charge in [0.2, 0.25) is 0 Å². The number of halogens is 1. The van der Waals surface area contributed by atoms with Crippen molar-refractivity contribution in [3.05, 3.63) is 35.6 Å². The molecule has 1 heterocycles. The van der Waals surface area contributed by atoms with E-state index in [2.05, 4.69) is 0 Å². The van der Waals surface area contributed by atoms with Gasteiger partial charge in [-0.2, -0.15) is 0 Å². The topological polar surface area (TPSA) is 40.5 Å². The smallest absolute Gasteiger partial charge is 0.253 e. The van der Waals surface area contributed by atoms with Gasteiger partial charge in [0.15, 0.2) is 0 Å². The van der Waals surface area contributed by atoms with Crippen LogP contribution in [0.25, 0.3) is 0 Å². The van der Waals surface area contributed by atoms with E-state index >= 15 is 0 Å². The number of aliphatic hydroxyl groups is 1. The highest BCUT2D eigenvalue weighted by Crippen LogP contribution is 2.13. The molecule has 15 heavy (non-hydrogen) atoms. The zero-order valence-electron chi connectivity index (χ0n) is 8.19. The van der Waals surface area contributed by atoms with Gasteiger partial charge in [0, 0.05) is 18.7 Å². The van der Waals surface area contributed by atoms with Crippen LogP contribution in [-0.4, -0.2) is 35.1 Å². The summed E-state index contributed by atoms with van der Waals surface area (Å²) in [7, 11) is 0. The third-order valence-electron chi connectivity index (χ3n) is 2.54. The van der Waals surface area contributed by atoms with E-state index in [1.54, 1.807) is 4.90 Å². The quantitative estimate of drug-likeness (QED) is 0.750. The molecule has 1 unspecified atom stereocenters. The Labute approximate surface area is 87.1 Å². The second-order valence-electron chi connectivity index (χ2n) is 3.70. The minimum atomic E-state index is -0.422. The van der Waals surface area contributed by atoms with Gasteiger partial charge in [-0.1, -0.05) is 0 Å². The molecule has 0 radical (unpaired) electrons. The molecule has 1 atom stereocenters. The number of carbonyl (C=O) groups excluding carboxylic acids is 1. The van der Waals surface area contributed by atoms with Crippen molar-refractivity contribution in [1.82, 2.24) is 4.90 Å². The Balaban J connectivity index is 2.11. The Morgan fingerprint density at radius 1 is 1.40 bits per heavy atom. The Morgan fingerprint density at radius 2 is 2.07 bits per heavy atom. The SMILES string of the molecule is O=C(c1ccc(F)cc1)N1CCC(O)C1. The second kappa shape index (κ2) is 3.98. The number of likely N-dealkylation sites (tertiary alicyclic amines) is 1. The van der Waals surface area contributed by atoms with Gasteiger partial charge >= 0.3 is 0 Å². The van der Waals surface area contributed by atoms with E-state index in [9.17, 15) is 14.3 Å². The summed E-state index contributed by atoms with van der Waals surface area (Å²) in [5.41, 5.74) is 0.463. The second-order valence-corrected chi connectivity index (χ2v) is 3.70. The molecule has 3 nitrogen and oxygen atoms in total. The van der Waals surface area contributed by atoms with Crippen LogP contribution < -0.4 is 0 Å². The lowest BCUT2D eigenvalue weighted by Gasteiger charge is -2.15.